The number of nitrogens with two attached hydrogens (primary N) is 1. The number of likely N-dealkylation sites (tertiary alicyclic amines) is 1. The molecule has 0 bridgehead atoms. The normalized spacial score (nSPS) is 30.9. The predicted octanol–water partition coefficient (Wildman–Crippen LogP) is 3.00. The molecule has 170 valence electrons. The lowest BCUT2D eigenvalue weighted by Crippen LogP contribution is -2.46. The van der Waals surface area contributed by atoms with Crippen molar-refractivity contribution in [1.29, 1.82) is 0 Å². The maximum absolute atomic E-state index is 9.91. The van der Waals surface area contributed by atoms with E-state index in [-0.39, 0.29) is 7.53 Å². The molecule has 1 aliphatic carbocycles. The first-order chi connectivity index (χ1) is 14.7. The Morgan fingerprint density at radius 3 is 2.57 bits per heavy atom. The highest BCUT2D eigenvalue weighted by molar-refractivity contribution is 5.43. The first-order valence-corrected chi connectivity index (χ1v) is 12.2. The zero-order valence-electron chi connectivity index (χ0n) is 18.4. The Hall–Kier alpha value is -1.44. The summed E-state index contributed by atoms with van der Waals surface area (Å²) in [6, 6.07) is 3.48. The fourth-order valence-electron chi connectivity index (χ4n) is 5.64. The molecule has 4 N–H and O–H groups in total. The summed E-state index contributed by atoms with van der Waals surface area (Å²) in [5.74, 6) is 1.82. The highest BCUT2D eigenvalue weighted by atomic mass is 16.3. The van der Waals surface area contributed by atoms with Gasteiger partial charge in [-0.3, -0.25) is 4.90 Å². The smallest absolute Gasteiger partial charge is 0.224 e. The van der Waals surface area contributed by atoms with Gasteiger partial charge in [0.05, 0.1) is 6.10 Å². The number of hydrogen-bond donors (Lipinski definition) is 3. The Morgan fingerprint density at radius 1 is 1.07 bits per heavy atom. The Labute approximate surface area is 182 Å². The summed E-state index contributed by atoms with van der Waals surface area (Å²) in [7, 11) is 0. The van der Waals surface area contributed by atoms with Crippen LogP contribution >= 0.6 is 0 Å². The molecule has 4 rings (SSSR count). The average Bonchev–Trinajstić information content (AvgIpc) is 2.97. The zero-order valence-corrected chi connectivity index (χ0v) is 18.4. The Bertz CT molecular complexity index is 649. The largest absolute Gasteiger partial charge is 0.393 e. The van der Waals surface area contributed by atoms with Crippen LogP contribution in [0.1, 0.15) is 72.1 Å². The molecule has 30 heavy (non-hydrogen) atoms. The quantitative estimate of drug-likeness (QED) is 0.627. The van der Waals surface area contributed by atoms with E-state index < -0.39 is 0 Å². The van der Waals surface area contributed by atoms with Crippen LogP contribution in [0.2, 0.25) is 0 Å². The molecule has 2 saturated heterocycles. The van der Waals surface area contributed by atoms with Crippen molar-refractivity contribution < 1.29 is 6.53 Å². The van der Waals surface area contributed by atoms with Crippen molar-refractivity contribution in [3.8, 4) is 0 Å². The van der Waals surface area contributed by atoms with E-state index in [4.69, 9.17) is 10.7 Å². The molecule has 0 spiro atoms. The van der Waals surface area contributed by atoms with E-state index in [9.17, 15) is 5.11 Å². The molecule has 1 aromatic rings. The second-order valence-electron chi connectivity index (χ2n) is 9.38. The van der Waals surface area contributed by atoms with Crippen LogP contribution in [0.3, 0.4) is 0 Å². The maximum Gasteiger partial charge on any atom is 0.224 e. The molecule has 0 aromatic carbocycles. The van der Waals surface area contributed by atoms with Crippen molar-refractivity contribution in [2.45, 2.75) is 94.9 Å². The van der Waals surface area contributed by atoms with E-state index in [1.807, 2.05) is 6.20 Å². The van der Waals surface area contributed by atoms with Gasteiger partial charge in [0.1, 0.15) is 5.82 Å². The minimum absolute atomic E-state index is 0. The molecule has 0 radical (unpaired) electrons. The van der Waals surface area contributed by atoms with E-state index in [0.29, 0.717) is 18.1 Å². The number of aromatic nitrogens is 2. The standard InChI is InChI=1S/C23H40N6O.H2/c24-13-5-6-21-20(12-17-29(21)18-7-9-19(30)10-8-18)26-23-25-14-11-22(27-23)28-15-3-1-2-4-16-28;/h11,14,18-21,30H,1-10,12-13,15-17,24H2,(H,25,26,27);1H/t18?,19?,20-,21+;/m0./s1. The first-order valence-electron chi connectivity index (χ1n) is 12.2. The number of aliphatic hydroxyl groups is 1. The molecule has 0 unspecified atom stereocenters. The van der Waals surface area contributed by atoms with Gasteiger partial charge in [-0.2, -0.15) is 4.98 Å². The number of aliphatic hydroxyl groups excluding tert-OH is 1. The topological polar surface area (TPSA) is 90.5 Å². The van der Waals surface area contributed by atoms with Crippen LogP contribution in [0.4, 0.5) is 11.8 Å². The molecule has 3 fully saturated rings. The third-order valence-electron chi connectivity index (χ3n) is 7.31. The number of hydrogen-bond acceptors (Lipinski definition) is 7. The Morgan fingerprint density at radius 2 is 1.83 bits per heavy atom. The van der Waals surface area contributed by atoms with Crippen molar-refractivity contribution in [3.63, 3.8) is 0 Å². The van der Waals surface area contributed by atoms with Crippen LogP contribution in [-0.4, -0.2) is 70.4 Å². The monoisotopic (exact) mass is 418 g/mol. The lowest BCUT2D eigenvalue weighted by Gasteiger charge is -2.38. The van der Waals surface area contributed by atoms with Crippen LogP contribution in [0, 0.1) is 0 Å². The number of nitrogens with zero attached hydrogens (tertiary/aromatic N) is 4. The summed E-state index contributed by atoms with van der Waals surface area (Å²) in [5.41, 5.74) is 5.86. The zero-order chi connectivity index (χ0) is 20.8. The summed E-state index contributed by atoms with van der Waals surface area (Å²) in [4.78, 5) is 14.6. The minimum Gasteiger partial charge on any atom is -0.393 e. The van der Waals surface area contributed by atoms with Gasteiger partial charge < -0.3 is 21.1 Å². The van der Waals surface area contributed by atoms with Gasteiger partial charge in [0.15, 0.2) is 0 Å². The molecule has 3 aliphatic rings. The lowest BCUT2D eigenvalue weighted by atomic mass is 9.91. The van der Waals surface area contributed by atoms with E-state index in [0.717, 1.165) is 82.9 Å². The van der Waals surface area contributed by atoms with E-state index in [1.54, 1.807) is 0 Å². The first kappa shape index (κ1) is 21.8. The number of anilines is 2. The van der Waals surface area contributed by atoms with Crippen LogP contribution < -0.4 is 16.0 Å². The molecule has 2 atom stereocenters. The fraction of sp³-hybridized carbons (Fsp3) is 0.826. The summed E-state index contributed by atoms with van der Waals surface area (Å²) in [6.07, 6.45) is 14.3. The molecule has 7 nitrogen and oxygen atoms in total. The van der Waals surface area contributed by atoms with Crippen molar-refractivity contribution in [2.24, 2.45) is 5.73 Å². The van der Waals surface area contributed by atoms with Gasteiger partial charge in [-0.1, -0.05) is 12.8 Å². The highest BCUT2D eigenvalue weighted by Gasteiger charge is 2.39. The second-order valence-corrected chi connectivity index (χ2v) is 9.38. The third kappa shape index (κ3) is 5.42. The van der Waals surface area contributed by atoms with Crippen LogP contribution in [-0.2, 0) is 0 Å². The molecule has 1 saturated carbocycles. The minimum atomic E-state index is -0.101. The fourth-order valence-corrected chi connectivity index (χ4v) is 5.64. The van der Waals surface area contributed by atoms with Gasteiger partial charge in [0.2, 0.25) is 5.95 Å². The van der Waals surface area contributed by atoms with Gasteiger partial charge in [-0.15, -0.1) is 0 Å². The van der Waals surface area contributed by atoms with E-state index in [2.05, 4.69) is 26.2 Å². The average molecular weight is 419 g/mol. The summed E-state index contributed by atoms with van der Waals surface area (Å²) in [5, 5.41) is 13.6. The van der Waals surface area contributed by atoms with Crippen molar-refractivity contribution in [2.75, 3.05) is 36.4 Å². The molecule has 0 amide bonds. The summed E-state index contributed by atoms with van der Waals surface area (Å²) < 4.78 is 0. The van der Waals surface area contributed by atoms with Gasteiger partial charge in [-0.25, -0.2) is 4.98 Å². The third-order valence-corrected chi connectivity index (χ3v) is 7.31. The van der Waals surface area contributed by atoms with Gasteiger partial charge in [0, 0.05) is 45.4 Å². The Balaban J connectivity index is 0.00000272. The van der Waals surface area contributed by atoms with Crippen molar-refractivity contribution >= 4 is 11.8 Å². The lowest BCUT2D eigenvalue weighted by molar-refractivity contribution is 0.0651. The van der Waals surface area contributed by atoms with Crippen molar-refractivity contribution in [1.82, 2.24) is 14.9 Å². The molecule has 2 aliphatic heterocycles. The summed E-state index contributed by atoms with van der Waals surface area (Å²) in [6.45, 7) is 4.04. The molecule has 3 heterocycles. The second kappa shape index (κ2) is 10.7. The van der Waals surface area contributed by atoms with E-state index in [1.165, 1.54) is 25.7 Å². The Kier molecular flexibility index (Phi) is 7.79. The highest BCUT2D eigenvalue weighted by Crippen LogP contribution is 2.32. The molecule has 7 heteroatoms. The van der Waals surface area contributed by atoms with Crippen molar-refractivity contribution in [3.05, 3.63) is 12.3 Å². The number of nitrogens with one attached hydrogen (secondary N) is 1. The van der Waals surface area contributed by atoms with Crippen LogP contribution in [0.15, 0.2) is 12.3 Å². The van der Waals surface area contributed by atoms with Gasteiger partial charge in [-0.05, 0) is 70.4 Å². The summed E-state index contributed by atoms with van der Waals surface area (Å²) >= 11 is 0. The van der Waals surface area contributed by atoms with Crippen LogP contribution in [0.25, 0.3) is 0 Å². The van der Waals surface area contributed by atoms with E-state index >= 15 is 0 Å². The number of rotatable bonds is 7. The van der Waals surface area contributed by atoms with Gasteiger partial charge >= 0.3 is 0 Å². The van der Waals surface area contributed by atoms with Crippen LogP contribution in [0.5, 0.6) is 0 Å². The molecular formula is C23H42N6O. The predicted molar refractivity (Wildman–Crippen MR) is 124 cm³/mol. The maximum atomic E-state index is 9.91. The molecule has 1 aromatic heterocycles. The SMILES string of the molecule is NCCC[C@@H]1[C@@H](Nc2nccc(N3CCCCCC3)n2)CCN1C1CCC(O)CC1.[HH]. The van der Waals surface area contributed by atoms with Gasteiger partial charge in [0.25, 0.3) is 0 Å². The molecular weight excluding hydrogens is 376 g/mol.